The van der Waals surface area contributed by atoms with Gasteiger partial charge in [0.2, 0.25) is 11.8 Å². The predicted molar refractivity (Wildman–Crippen MR) is 119 cm³/mol. The molecule has 2 aromatic rings. The number of carbonyl (C=O) groups excluding carboxylic acids is 4. The Morgan fingerprint density at radius 1 is 1.15 bits per heavy atom. The summed E-state index contributed by atoms with van der Waals surface area (Å²) in [5.74, 6) is -0.992. The van der Waals surface area contributed by atoms with Gasteiger partial charge >= 0.3 is 6.09 Å². The highest BCUT2D eigenvalue weighted by atomic mass is 16.6. The van der Waals surface area contributed by atoms with E-state index >= 15 is 0 Å². The number of piperidine rings is 1. The van der Waals surface area contributed by atoms with E-state index in [0.717, 1.165) is 11.1 Å². The lowest BCUT2D eigenvalue weighted by Gasteiger charge is -2.29. The molecule has 2 N–H and O–H groups in total. The SMILES string of the molecule is CC(C)(C)OC(=O)NCc1cccc(-c2cccc3c2CN(C2CCC(=O)NC2=O)C3=O)n1. The highest BCUT2D eigenvalue weighted by Gasteiger charge is 2.39. The van der Waals surface area contributed by atoms with Crippen molar-refractivity contribution >= 4 is 23.8 Å². The van der Waals surface area contributed by atoms with Gasteiger partial charge in [-0.1, -0.05) is 18.2 Å². The minimum atomic E-state index is -0.673. The summed E-state index contributed by atoms with van der Waals surface area (Å²) in [4.78, 5) is 55.0. The molecule has 4 rings (SSSR count). The van der Waals surface area contributed by atoms with Crippen LogP contribution in [0.25, 0.3) is 11.3 Å². The molecule has 2 aliphatic rings. The second kappa shape index (κ2) is 8.65. The Balaban J connectivity index is 1.54. The van der Waals surface area contributed by atoms with Crippen molar-refractivity contribution in [1.82, 2.24) is 20.5 Å². The van der Waals surface area contributed by atoms with E-state index in [1.165, 1.54) is 4.90 Å². The molecule has 2 aliphatic heterocycles. The van der Waals surface area contributed by atoms with Gasteiger partial charge in [-0.3, -0.25) is 24.7 Å². The summed E-state index contributed by atoms with van der Waals surface area (Å²) in [6.07, 6.45) is -0.0117. The second-order valence-corrected chi connectivity index (χ2v) is 9.10. The maximum atomic E-state index is 13.0. The number of pyridine rings is 1. The van der Waals surface area contributed by atoms with Crippen LogP contribution in [0, 0.1) is 0 Å². The number of alkyl carbamates (subject to hydrolysis) is 1. The van der Waals surface area contributed by atoms with Crippen LogP contribution in [0.3, 0.4) is 0 Å². The van der Waals surface area contributed by atoms with E-state index in [9.17, 15) is 19.2 Å². The van der Waals surface area contributed by atoms with E-state index in [-0.39, 0.29) is 31.3 Å². The van der Waals surface area contributed by atoms with Crippen LogP contribution in [0.5, 0.6) is 0 Å². The molecular formula is C24H26N4O5. The lowest BCUT2D eigenvalue weighted by Crippen LogP contribution is -2.52. The number of imide groups is 1. The van der Waals surface area contributed by atoms with E-state index in [1.54, 1.807) is 39.0 Å². The third-order valence-electron chi connectivity index (χ3n) is 5.48. The van der Waals surface area contributed by atoms with Crippen molar-refractivity contribution in [2.45, 2.75) is 58.3 Å². The maximum Gasteiger partial charge on any atom is 0.407 e. The first-order chi connectivity index (χ1) is 15.6. The summed E-state index contributed by atoms with van der Waals surface area (Å²) in [6.45, 7) is 5.83. The molecule has 9 nitrogen and oxygen atoms in total. The molecule has 1 aromatic carbocycles. The average Bonchev–Trinajstić information content (AvgIpc) is 3.08. The zero-order valence-corrected chi connectivity index (χ0v) is 18.8. The summed E-state index contributed by atoms with van der Waals surface area (Å²) < 4.78 is 5.26. The molecule has 0 radical (unpaired) electrons. The molecular weight excluding hydrogens is 424 g/mol. The van der Waals surface area contributed by atoms with Crippen molar-refractivity contribution in [3.05, 3.63) is 53.2 Å². The van der Waals surface area contributed by atoms with Crippen LogP contribution in [0.2, 0.25) is 0 Å². The molecule has 1 atom stereocenters. The molecule has 0 aliphatic carbocycles. The number of fused-ring (bicyclic) bond motifs is 1. The number of carbonyl (C=O) groups is 4. The highest BCUT2D eigenvalue weighted by molar-refractivity contribution is 6.06. The van der Waals surface area contributed by atoms with Gasteiger partial charge in [0.25, 0.3) is 5.91 Å². The van der Waals surface area contributed by atoms with Crippen molar-refractivity contribution < 1.29 is 23.9 Å². The van der Waals surface area contributed by atoms with Gasteiger partial charge in [-0.2, -0.15) is 0 Å². The number of amides is 4. The van der Waals surface area contributed by atoms with Gasteiger partial charge < -0.3 is 15.0 Å². The van der Waals surface area contributed by atoms with E-state index in [4.69, 9.17) is 4.74 Å². The van der Waals surface area contributed by atoms with Crippen molar-refractivity contribution in [1.29, 1.82) is 0 Å². The van der Waals surface area contributed by atoms with E-state index in [1.807, 2.05) is 18.2 Å². The van der Waals surface area contributed by atoms with Crippen molar-refractivity contribution in [2.75, 3.05) is 0 Å². The van der Waals surface area contributed by atoms with E-state index in [2.05, 4.69) is 15.6 Å². The largest absolute Gasteiger partial charge is 0.444 e. The Morgan fingerprint density at radius 3 is 2.61 bits per heavy atom. The first kappa shape index (κ1) is 22.4. The fourth-order valence-electron chi connectivity index (χ4n) is 4.03. The molecule has 1 fully saturated rings. The molecule has 9 heteroatoms. The quantitative estimate of drug-likeness (QED) is 0.692. The topological polar surface area (TPSA) is 118 Å². The second-order valence-electron chi connectivity index (χ2n) is 9.10. The third kappa shape index (κ3) is 4.87. The number of ether oxygens (including phenoxy) is 1. The molecule has 0 bridgehead atoms. The van der Waals surface area contributed by atoms with Crippen LogP contribution in [-0.4, -0.2) is 45.3 Å². The Bertz CT molecular complexity index is 1140. The van der Waals surface area contributed by atoms with Crippen LogP contribution in [-0.2, 0) is 27.4 Å². The number of benzene rings is 1. The highest BCUT2D eigenvalue weighted by Crippen LogP contribution is 2.34. The molecule has 0 saturated carbocycles. The smallest absolute Gasteiger partial charge is 0.407 e. The van der Waals surface area contributed by atoms with Crippen molar-refractivity contribution in [2.24, 2.45) is 0 Å². The minimum absolute atomic E-state index is 0.194. The number of aromatic nitrogens is 1. The van der Waals surface area contributed by atoms with Crippen LogP contribution < -0.4 is 10.6 Å². The summed E-state index contributed by atoms with van der Waals surface area (Å²) in [5, 5.41) is 5.01. The fourth-order valence-corrected chi connectivity index (χ4v) is 4.03. The lowest BCUT2D eigenvalue weighted by atomic mass is 10.00. The van der Waals surface area contributed by atoms with Crippen LogP contribution >= 0.6 is 0 Å². The van der Waals surface area contributed by atoms with Crippen LogP contribution in [0.1, 0.15) is 55.2 Å². The number of nitrogens with one attached hydrogen (secondary N) is 2. The summed E-state index contributed by atoms with van der Waals surface area (Å²) in [7, 11) is 0. The van der Waals surface area contributed by atoms with Gasteiger partial charge in [-0.25, -0.2) is 4.79 Å². The zero-order valence-electron chi connectivity index (χ0n) is 18.8. The molecule has 4 amide bonds. The zero-order chi connectivity index (χ0) is 23.8. The Morgan fingerprint density at radius 2 is 1.88 bits per heavy atom. The molecule has 1 unspecified atom stereocenters. The summed E-state index contributed by atoms with van der Waals surface area (Å²) in [6, 6.07) is 10.2. The Hall–Kier alpha value is -3.75. The van der Waals surface area contributed by atoms with E-state index in [0.29, 0.717) is 23.4 Å². The summed E-state index contributed by atoms with van der Waals surface area (Å²) >= 11 is 0. The van der Waals surface area contributed by atoms with Gasteiger partial charge in [0.05, 0.1) is 17.9 Å². The van der Waals surface area contributed by atoms with Crippen LogP contribution in [0.15, 0.2) is 36.4 Å². The number of rotatable bonds is 4. The molecule has 0 spiro atoms. The van der Waals surface area contributed by atoms with Gasteiger partial charge in [0.15, 0.2) is 0 Å². The van der Waals surface area contributed by atoms with Crippen molar-refractivity contribution in [3.8, 4) is 11.3 Å². The molecule has 1 saturated heterocycles. The molecule has 1 aromatic heterocycles. The van der Waals surface area contributed by atoms with Gasteiger partial charge in [0, 0.05) is 24.1 Å². The normalized spacial score (nSPS) is 18.1. The van der Waals surface area contributed by atoms with Gasteiger partial charge in [-0.05, 0) is 51.0 Å². The first-order valence-electron chi connectivity index (χ1n) is 10.8. The van der Waals surface area contributed by atoms with E-state index < -0.39 is 23.6 Å². The number of nitrogens with zero attached hydrogens (tertiary/aromatic N) is 2. The lowest BCUT2D eigenvalue weighted by molar-refractivity contribution is -0.136. The van der Waals surface area contributed by atoms with Gasteiger partial charge in [-0.15, -0.1) is 0 Å². The maximum absolute atomic E-state index is 13.0. The fraction of sp³-hybridized carbons (Fsp3) is 0.375. The van der Waals surface area contributed by atoms with Crippen molar-refractivity contribution in [3.63, 3.8) is 0 Å². The number of hydrogen-bond donors (Lipinski definition) is 2. The standard InChI is InChI=1S/C24H26N4O5/c1-24(2,3)33-23(32)25-12-14-6-4-9-18(26-14)15-7-5-8-16-17(15)13-28(22(16)31)19-10-11-20(29)27-21(19)30/h4-9,19H,10-13H2,1-3H3,(H,25,32)(H,27,29,30). The Kier molecular flexibility index (Phi) is 5.88. The molecule has 3 heterocycles. The van der Waals surface area contributed by atoms with Gasteiger partial charge in [0.1, 0.15) is 11.6 Å². The Labute approximate surface area is 191 Å². The minimum Gasteiger partial charge on any atom is -0.444 e. The predicted octanol–water partition coefficient (Wildman–Crippen LogP) is 2.53. The average molecular weight is 450 g/mol. The monoisotopic (exact) mass is 450 g/mol. The molecule has 33 heavy (non-hydrogen) atoms. The molecule has 172 valence electrons. The number of hydrogen-bond acceptors (Lipinski definition) is 6. The first-order valence-corrected chi connectivity index (χ1v) is 10.8. The third-order valence-corrected chi connectivity index (χ3v) is 5.48. The van der Waals surface area contributed by atoms with Crippen LogP contribution in [0.4, 0.5) is 4.79 Å². The summed E-state index contributed by atoms with van der Waals surface area (Å²) in [5.41, 5.74) is 2.81.